The Morgan fingerprint density at radius 3 is 1.07 bits per heavy atom. The summed E-state index contributed by atoms with van der Waals surface area (Å²) in [5.74, 6) is -0.932. The van der Waals surface area contributed by atoms with Crippen molar-refractivity contribution in [3.63, 3.8) is 0 Å². The molecule has 68 heavy (non-hydrogen) atoms. The third kappa shape index (κ3) is 53.3. The summed E-state index contributed by atoms with van der Waals surface area (Å²) in [6, 6.07) is 0. The number of unbranched alkanes of at least 4 members (excludes halogenated alkanes) is 25. The maximum atomic E-state index is 12.9. The molecular formula is C62H104O6. The second kappa shape index (κ2) is 55.9. The molecule has 0 aromatic carbocycles. The minimum absolute atomic E-state index is 0.0935. The number of carbonyl (C=O) groups excluding carboxylic acids is 3. The zero-order valence-electron chi connectivity index (χ0n) is 44.3. The van der Waals surface area contributed by atoms with Crippen molar-refractivity contribution in [2.75, 3.05) is 13.2 Å². The highest BCUT2D eigenvalue weighted by Gasteiger charge is 2.19. The van der Waals surface area contributed by atoms with Crippen LogP contribution in [-0.4, -0.2) is 37.2 Å². The van der Waals surface area contributed by atoms with Gasteiger partial charge in [-0.1, -0.05) is 253 Å². The van der Waals surface area contributed by atoms with Gasteiger partial charge in [0.15, 0.2) is 6.10 Å². The van der Waals surface area contributed by atoms with Crippen LogP contribution in [-0.2, 0) is 28.6 Å². The van der Waals surface area contributed by atoms with Gasteiger partial charge >= 0.3 is 17.9 Å². The van der Waals surface area contributed by atoms with Crippen molar-refractivity contribution in [2.24, 2.45) is 0 Å². The van der Waals surface area contributed by atoms with Crippen molar-refractivity contribution < 1.29 is 28.6 Å². The molecular weight excluding hydrogens is 841 g/mol. The van der Waals surface area contributed by atoms with Crippen LogP contribution in [0.15, 0.2) is 97.2 Å². The monoisotopic (exact) mass is 945 g/mol. The predicted molar refractivity (Wildman–Crippen MR) is 293 cm³/mol. The summed E-state index contributed by atoms with van der Waals surface area (Å²) in [7, 11) is 0. The standard InChI is InChI=1S/C62H104O6/c1-4-7-10-13-16-19-22-25-28-30-31-32-35-37-40-43-46-49-52-55-61(64)67-58-59(57-66-60(63)54-51-48-45-42-39-36-33-27-24-21-18-15-12-9-6-3)68-62(65)56-53-50-47-44-41-38-34-29-26-23-20-17-14-11-8-5-2/h7,9-10,12,15-16,18-19,21,24-25,28,31-32,37,40,59H,4-6,8,11,13-14,17,20,22-23,26-27,29-30,33-36,38-39,41-58H2,1-3H3/b10-7-,12-9-,18-15-,19-16-,24-21-,28-25-,32-31-,40-37-. The molecule has 1 atom stereocenters. The number of hydrogen-bond donors (Lipinski definition) is 0. The van der Waals surface area contributed by atoms with E-state index in [1.54, 1.807) is 0 Å². The van der Waals surface area contributed by atoms with Gasteiger partial charge in [0.25, 0.3) is 0 Å². The molecule has 0 spiro atoms. The normalized spacial score (nSPS) is 12.8. The van der Waals surface area contributed by atoms with E-state index in [9.17, 15) is 14.4 Å². The summed E-state index contributed by atoms with van der Waals surface area (Å²) >= 11 is 0. The van der Waals surface area contributed by atoms with Crippen LogP contribution in [0.3, 0.4) is 0 Å². The highest BCUT2D eigenvalue weighted by molar-refractivity contribution is 5.71. The average molecular weight is 946 g/mol. The molecule has 0 aliphatic carbocycles. The summed E-state index contributed by atoms with van der Waals surface area (Å²) in [6.45, 7) is 6.37. The molecule has 0 N–H and O–H groups in total. The first-order valence-corrected chi connectivity index (χ1v) is 28.3. The predicted octanol–water partition coefficient (Wildman–Crippen LogP) is 18.9. The van der Waals surface area contributed by atoms with Crippen LogP contribution in [0.25, 0.3) is 0 Å². The Balaban J connectivity index is 4.45. The molecule has 0 heterocycles. The first-order valence-electron chi connectivity index (χ1n) is 28.3. The number of rotatable bonds is 50. The first kappa shape index (κ1) is 64.3. The Morgan fingerprint density at radius 2 is 0.647 bits per heavy atom. The van der Waals surface area contributed by atoms with E-state index in [4.69, 9.17) is 14.2 Å². The van der Waals surface area contributed by atoms with Crippen LogP contribution in [0, 0.1) is 0 Å². The van der Waals surface area contributed by atoms with E-state index in [0.29, 0.717) is 19.3 Å². The molecule has 0 aromatic rings. The fourth-order valence-corrected chi connectivity index (χ4v) is 7.70. The van der Waals surface area contributed by atoms with Crippen molar-refractivity contribution in [2.45, 2.75) is 264 Å². The molecule has 0 saturated carbocycles. The van der Waals surface area contributed by atoms with Crippen LogP contribution >= 0.6 is 0 Å². The quantitative estimate of drug-likeness (QED) is 0.0199. The third-order valence-corrected chi connectivity index (χ3v) is 11.9. The summed E-state index contributed by atoms with van der Waals surface area (Å²) in [5, 5.41) is 0. The second-order valence-electron chi connectivity index (χ2n) is 18.5. The Morgan fingerprint density at radius 1 is 0.324 bits per heavy atom. The highest BCUT2D eigenvalue weighted by Crippen LogP contribution is 2.16. The zero-order valence-corrected chi connectivity index (χ0v) is 44.3. The second-order valence-corrected chi connectivity index (χ2v) is 18.5. The fourth-order valence-electron chi connectivity index (χ4n) is 7.70. The van der Waals surface area contributed by atoms with Crippen LogP contribution in [0.4, 0.5) is 0 Å². The number of ether oxygens (including phenoxy) is 3. The van der Waals surface area contributed by atoms with Crippen molar-refractivity contribution >= 4 is 17.9 Å². The van der Waals surface area contributed by atoms with Gasteiger partial charge in [0, 0.05) is 19.3 Å². The van der Waals surface area contributed by atoms with E-state index in [2.05, 4.69) is 118 Å². The largest absolute Gasteiger partial charge is 0.462 e. The minimum Gasteiger partial charge on any atom is -0.462 e. The molecule has 0 aromatic heterocycles. The molecule has 0 amide bonds. The van der Waals surface area contributed by atoms with Crippen LogP contribution in [0.2, 0.25) is 0 Å². The Labute approximate surface area is 419 Å². The number of allylic oxidation sites excluding steroid dienone is 16. The third-order valence-electron chi connectivity index (χ3n) is 11.9. The maximum Gasteiger partial charge on any atom is 0.306 e. The smallest absolute Gasteiger partial charge is 0.306 e. The molecule has 388 valence electrons. The molecule has 0 radical (unpaired) electrons. The van der Waals surface area contributed by atoms with Gasteiger partial charge in [-0.3, -0.25) is 14.4 Å². The number of hydrogen-bond acceptors (Lipinski definition) is 6. The molecule has 6 nitrogen and oxygen atoms in total. The van der Waals surface area contributed by atoms with Crippen LogP contribution in [0.5, 0.6) is 0 Å². The van der Waals surface area contributed by atoms with Gasteiger partial charge in [-0.15, -0.1) is 0 Å². The molecule has 6 heteroatoms. The lowest BCUT2D eigenvalue weighted by Gasteiger charge is -2.18. The summed E-state index contributed by atoms with van der Waals surface area (Å²) in [6.07, 6.45) is 73.9. The number of esters is 3. The van der Waals surface area contributed by atoms with Gasteiger partial charge in [-0.2, -0.15) is 0 Å². The molecule has 1 unspecified atom stereocenters. The molecule has 0 saturated heterocycles. The van der Waals surface area contributed by atoms with Gasteiger partial charge in [-0.05, 0) is 83.5 Å². The maximum absolute atomic E-state index is 12.9. The Hall–Kier alpha value is -3.67. The van der Waals surface area contributed by atoms with Gasteiger partial charge in [0.2, 0.25) is 0 Å². The van der Waals surface area contributed by atoms with Gasteiger partial charge in [0.1, 0.15) is 13.2 Å². The molecule has 0 aliphatic heterocycles. The SMILES string of the molecule is CC\C=C/C=C\C=C/CCCCCCCCCC(=O)OCC(COC(=O)CCCCC/C=C\C/C=C\C/C=C\C/C=C\C/C=C\CC)OC(=O)CCCCCCCCCCCCCCCCCC. The fraction of sp³-hybridized carbons (Fsp3) is 0.694. The summed E-state index contributed by atoms with van der Waals surface area (Å²) in [5.41, 5.74) is 0. The molecule has 0 fully saturated rings. The average Bonchev–Trinajstić information content (AvgIpc) is 3.34. The Kier molecular flexibility index (Phi) is 52.9. The van der Waals surface area contributed by atoms with E-state index in [0.717, 1.165) is 109 Å². The Bertz CT molecular complexity index is 1360. The van der Waals surface area contributed by atoms with Crippen molar-refractivity contribution in [1.82, 2.24) is 0 Å². The van der Waals surface area contributed by atoms with E-state index >= 15 is 0 Å². The van der Waals surface area contributed by atoms with E-state index < -0.39 is 6.10 Å². The lowest BCUT2D eigenvalue weighted by molar-refractivity contribution is -0.167. The van der Waals surface area contributed by atoms with E-state index in [-0.39, 0.29) is 31.1 Å². The van der Waals surface area contributed by atoms with Gasteiger partial charge in [-0.25, -0.2) is 0 Å². The lowest BCUT2D eigenvalue weighted by atomic mass is 10.0. The molecule has 0 bridgehead atoms. The topological polar surface area (TPSA) is 78.9 Å². The van der Waals surface area contributed by atoms with E-state index in [1.807, 2.05) is 0 Å². The highest BCUT2D eigenvalue weighted by atomic mass is 16.6. The molecule has 0 rings (SSSR count). The zero-order chi connectivity index (χ0) is 49.3. The lowest BCUT2D eigenvalue weighted by Crippen LogP contribution is -2.30. The van der Waals surface area contributed by atoms with Crippen molar-refractivity contribution in [3.05, 3.63) is 97.2 Å². The van der Waals surface area contributed by atoms with Gasteiger partial charge in [0.05, 0.1) is 0 Å². The molecule has 0 aliphatic rings. The number of carbonyl (C=O) groups is 3. The minimum atomic E-state index is -0.796. The van der Waals surface area contributed by atoms with Crippen molar-refractivity contribution in [1.29, 1.82) is 0 Å². The van der Waals surface area contributed by atoms with E-state index in [1.165, 1.54) is 109 Å². The summed E-state index contributed by atoms with van der Waals surface area (Å²) in [4.78, 5) is 38.1. The van der Waals surface area contributed by atoms with Crippen LogP contribution < -0.4 is 0 Å². The van der Waals surface area contributed by atoms with Crippen LogP contribution in [0.1, 0.15) is 258 Å². The first-order chi connectivity index (χ1) is 33.5. The van der Waals surface area contributed by atoms with Crippen molar-refractivity contribution in [3.8, 4) is 0 Å². The summed E-state index contributed by atoms with van der Waals surface area (Å²) < 4.78 is 16.8. The van der Waals surface area contributed by atoms with Gasteiger partial charge < -0.3 is 14.2 Å².